The third kappa shape index (κ3) is 7.33. The number of carbonyl (C=O) groups excluding carboxylic acids is 2. The number of fused-ring (bicyclic) bond motifs is 1. The zero-order valence-electron chi connectivity index (χ0n) is 25.5. The van der Waals surface area contributed by atoms with E-state index in [0.717, 1.165) is 66.9 Å². The summed E-state index contributed by atoms with van der Waals surface area (Å²) in [7, 11) is 1.82. The van der Waals surface area contributed by atoms with E-state index in [4.69, 9.17) is 32.7 Å². The molecule has 0 N–H and O–H groups in total. The maximum absolute atomic E-state index is 13.8. The van der Waals surface area contributed by atoms with Crippen molar-refractivity contribution >= 4 is 57.4 Å². The first kappa shape index (κ1) is 32.3. The highest BCUT2D eigenvalue weighted by Gasteiger charge is 2.30. The Labute approximate surface area is 282 Å². The molecule has 3 aromatic carbocycles. The van der Waals surface area contributed by atoms with Gasteiger partial charge in [0.05, 0.1) is 26.6 Å². The van der Waals surface area contributed by atoms with E-state index in [1.54, 1.807) is 22.3 Å². The molecule has 11 heteroatoms. The maximum Gasteiger partial charge on any atom is 0.509 e. The monoisotopic (exact) mass is 676 g/mol. The minimum atomic E-state index is -0.602. The molecule has 2 fully saturated rings. The average molecular weight is 678 g/mol. The number of amides is 1. The van der Waals surface area contributed by atoms with Crippen LogP contribution in [-0.2, 0) is 16.0 Å². The number of piperazine rings is 1. The highest BCUT2D eigenvalue weighted by molar-refractivity contribution is 7.10. The smallest absolute Gasteiger partial charge is 0.430 e. The third-order valence-corrected chi connectivity index (χ3v) is 10.6. The standard InChI is InChI=1S/C35H34Cl2N4O4S/c1-39(34(42)29-17-23(19-38)16-25-4-2-3-5-28(25)29)20-26(24-6-7-30(36)31(37)18-24)8-10-40-11-13-41(14-12-40)21-27-9-15-46-33(27)32-22-44-35(43)45-32/h2-7,9,15-18,26,32H,8,10-14,20-22H2,1H3/t26-,32+/m1/s1. The van der Waals surface area contributed by atoms with Crippen LogP contribution in [0.5, 0.6) is 0 Å². The Hall–Kier alpha value is -3.65. The summed E-state index contributed by atoms with van der Waals surface area (Å²) < 4.78 is 10.3. The van der Waals surface area contributed by atoms with E-state index in [1.807, 2.05) is 61.0 Å². The quantitative estimate of drug-likeness (QED) is 0.162. The van der Waals surface area contributed by atoms with Crippen molar-refractivity contribution in [3.05, 3.63) is 103 Å². The van der Waals surface area contributed by atoms with Gasteiger partial charge < -0.3 is 19.3 Å². The summed E-state index contributed by atoms with van der Waals surface area (Å²) in [6.07, 6.45) is -0.0912. The molecule has 0 saturated carbocycles. The molecular weight excluding hydrogens is 643 g/mol. The molecule has 0 aliphatic carbocycles. The normalized spacial score (nSPS) is 17.8. The van der Waals surface area contributed by atoms with Crippen molar-refractivity contribution in [3.63, 3.8) is 0 Å². The van der Waals surface area contributed by atoms with Crippen molar-refractivity contribution in [2.45, 2.75) is 25.0 Å². The van der Waals surface area contributed by atoms with Crippen LogP contribution in [0, 0.1) is 11.3 Å². The number of cyclic esters (lactones) is 2. The predicted molar refractivity (Wildman–Crippen MR) is 181 cm³/mol. The van der Waals surface area contributed by atoms with Crippen LogP contribution in [0.25, 0.3) is 10.8 Å². The van der Waals surface area contributed by atoms with Crippen molar-refractivity contribution in [2.24, 2.45) is 0 Å². The van der Waals surface area contributed by atoms with Gasteiger partial charge in [-0.2, -0.15) is 5.26 Å². The Morgan fingerprint density at radius 2 is 1.85 bits per heavy atom. The number of rotatable bonds is 10. The van der Waals surface area contributed by atoms with Gasteiger partial charge in [0.15, 0.2) is 6.10 Å². The Balaban J connectivity index is 1.11. The van der Waals surface area contributed by atoms with Gasteiger partial charge in [0, 0.05) is 57.8 Å². The minimum Gasteiger partial charge on any atom is -0.430 e. The van der Waals surface area contributed by atoms with Gasteiger partial charge in [-0.25, -0.2) is 4.79 Å². The van der Waals surface area contributed by atoms with Crippen LogP contribution in [0.2, 0.25) is 10.0 Å². The van der Waals surface area contributed by atoms with E-state index < -0.39 is 6.16 Å². The largest absolute Gasteiger partial charge is 0.509 e. The van der Waals surface area contributed by atoms with Gasteiger partial charge in [-0.15, -0.1) is 11.3 Å². The molecule has 1 aromatic heterocycles. The fraction of sp³-hybridized carbons (Fsp3) is 0.343. The van der Waals surface area contributed by atoms with Crippen LogP contribution >= 0.6 is 34.5 Å². The predicted octanol–water partition coefficient (Wildman–Crippen LogP) is 7.35. The SMILES string of the molecule is CN(C[C@@H](CCN1CCN(Cc2ccsc2[C@@H]2COC(=O)O2)CC1)c1ccc(Cl)c(Cl)c1)C(=O)c1cc(C#N)cc2ccccc12. The first-order valence-corrected chi connectivity index (χ1v) is 16.9. The Morgan fingerprint density at radius 1 is 1.07 bits per heavy atom. The van der Waals surface area contributed by atoms with Crippen LogP contribution in [0.3, 0.4) is 0 Å². The molecule has 6 rings (SSSR count). The average Bonchev–Trinajstić information content (AvgIpc) is 3.72. The number of ether oxygens (including phenoxy) is 2. The minimum absolute atomic E-state index is 0.0249. The number of hydrogen-bond acceptors (Lipinski definition) is 8. The lowest BCUT2D eigenvalue weighted by molar-refractivity contribution is 0.0780. The number of carbonyl (C=O) groups is 2. The van der Waals surface area contributed by atoms with Crippen LogP contribution < -0.4 is 0 Å². The van der Waals surface area contributed by atoms with Crippen molar-refractivity contribution < 1.29 is 19.1 Å². The van der Waals surface area contributed by atoms with E-state index >= 15 is 0 Å². The molecule has 0 radical (unpaired) electrons. The molecule has 2 aliphatic heterocycles. The summed E-state index contributed by atoms with van der Waals surface area (Å²) in [5.74, 6) is -0.101. The molecule has 46 heavy (non-hydrogen) atoms. The topological polar surface area (TPSA) is 86.1 Å². The summed E-state index contributed by atoms with van der Waals surface area (Å²) in [6.45, 7) is 6.13. The molecule has 1 amide bonds. The molecule has 8 nitrogen and oxygen atoms in total. The molecule has 0 bridgehead atoms. The van der Waals surface area contributed by atoms with Gasteiger partial charge in [0.1, 0.15) is 6.61 Å². The van der Waals surface area contributed by atoms with Crippen molar-refractivity contribution in [1.29, 1.82) is 5.26 Å². The number of likely N-dealkylation sites (N-methyl/N-ethyl adjacent to an activating group) is 1. The highest BCUT2D eigenvalue weighted by Crippen LogP contribution is 2.33. The van der Waals surface area contributed by atoms with E-state index in [2.05, 4.69) is 21.9 Å². The molecule has 0 spiro atoms. The highest BCUT2D eigenvalue weighted by atomic mass is 35.5. The first-order valence-electron chi connectivity index (χ1n) is 15.3. The summed E-state index contributed by atoms with van der Waals surface area (Å²) in [4.78, 5) is 33.0. The third-order valence-electron chi connectivity index (χ3n) is 8.79. The second-order valence-electron chi connectivity index (χ2n) is 11.8. The van der Waals surface area contributed by atoms with Gasteiger partial charge in [-0.05, 0) is 70.6 Å². The number of benzene rings is 3. The van der Waals surface area contributed by atoms with Crippen molar-refractivity contribution in [2.75, 3.05) is 52.9 Å². The lowest BCUT2D eigenvalue weighted by atomic mass is 9.94. The van der Waals surface area contributed by atoms with E-state index in [1.165, 1.54) is 5.56 Å². The van der Waals surface area contributed by atoms with Crippen LogP contribution in [0.15, 0.2) is 66.0 Å². The second-order valence-corrected chi connectivity index (χ2v) is 13.6. The first-order chi connectivity index (χ1) is 22.3. The number of halogens is 2. The van der Waals surface area contributed by atoms with Crippen LogP contribution in [0.1, 0.15) is 50.4 Å². The Kier molecular flexibility index (Phi) is 10.1. The van der Waals surface area contributed by atoms with Gasteiger partial charge in [0.25, 0.3) is 5.91 Å². The van der Waals surface area contributed by atoms with Crippen molar-refractivity contribution in [3.8, 4) is 6.07 Å². The number of nitrogens with zero attached hydrogens (tertiary/aromatic N) is 4. The molecule has 0 unspecified atom stereocenters. The zero-order chi connectivity index (χ0) is 32.2. The molecule has 4 aromatic rings. The summed E-state index contributed by atoms with van der Waals surface area (Å²) in [5, 5.41) is 14.3. The lowest BCUT2D eigenvalue weighted by Crippen LogP contribution is -2.46. The van der Waals surface area contributed by atoms with Gasteiger partial charge in [-0.3, -0.25) is 9.69 Å². The van der Waals surface area contributed by atoms with Crippen molar-refractivity contribution in [1.82, 2.24) is 14.7 Å². The summed E-state index contributed by atoms with van der Waals surface area (Å²) in [5.41, 5.74) is 3.20. The molecule has 2 aliphatic rings. The molecular formula is C35H34Cl2N4O4S. The number of hydrogen-bond donors (Lipinski definition) is 0. The van der Waals surface area contributed by atoms with E-state index in [0.29, 0.717) is 27.7 Å². The number of thiophene rings is 1. The fourth-order valence-corrected chi connectivity index (χ4v) is 7.51. The number of nitriles is 1. The fourth-order valence-electron chi connectivity index (χ4n) is 6.27. The summed E-state index contributed by atoms with van der Waals surface area (Å²) in [6, 6.07) is 21.2. The van der Waals surface area contributed by atoms with Gasteiger partial charge in [-0.1, -0.05) is 53.5 Å². The van der Waals surface area contributed by atoms with E-state index in [-0.39, 0.29) is 24.5 Å². The zero-order valence-corrected chi connectivity index (χ0v) is 27.8. The maximum atomic E-state index is 13.8. The van der Waals surface area contributed by atoms with Gasteiger partial charge >= 0.3 is 6.16 Å². The summed E-state index contributed by atoms with van der Waals surface area (Å²) >= 11 is 14.3. The lowest BCUT2D eigenvalue weighted by Gasteiger charge is -2.36. The van der Waals surface area contributed by atoms with Gasteiger partial charge in [0.2, 0.25) is 0 Å². The van der Waals surface area contributed by atoms with Crippen LogP contribution in [-0.4, -0.2) is 79.7 Å². The molecule has 238 valence electrons. The molecule has 2 saturated heterocycles. The Bertz CT molecular complexity index is 1780. The van der Waals surface area contributed by atoms with E-state index in [9.17, 15) is 14.9 Å². The Morgan fingerprint density at radius 3 is 2.59 bits per heavy atom. The molecule has 3 heterocycles. The second kappa shape index (κ2) is 14.4. The molecule has 2 atom stereocenters. The van der Waals surface area contributed by atoms with Crippen LogP contribution in [0.4, 0.5) is 4.79 Å².